The summed E-state index contributed by atoms with van der Waals surface area (Å²) >= 11 is 6.58. The zero-order valence-electron chi connectivity index (χ0n) is 16.3. The third-order valence-electron chi connectivity index (χ3n) is 6.15. The highest BCUT2D eigenvalue weighted by atomic mass is 35.5. The Kier molecular flexibility index (Phi) is 5.47. The number of benzene rings is 2. The molecule has 30 heavy (non-hydrogen) atoms. The molecule has 160 valence electrons. The summed E-state index contributed by atoms with van der Waals surface area (Å²) in [7, 11) is 0. The number of carboxylic acids is 1. The smallest absolute Gasteiger partial charge is 0.416 e. The molecule has 2 aliphatic carbocycles. The van der Waals surface area contributed by atoms with Crippen molar-refractivity contribution in [2.45, 2.75) is 50.1 Å². The van der Waals surface area contributed by atoms with E-state index in [1.54, 1.807) is 12.1 Å². The standard InChI is InChI=1S/C23H22ClF3O3/c24-18-11-17(22(21(28)29)9-1-2-10-22)12-19(30-13-14-3-4-14)20(18)15-5-7-16(8-6-15)23(25,26)27/h5-8,11-12,14H,1-4,9-10,13H2,(H,28,29). The molecule has 0 spiro atoms. The van der Waals surface area contributed by atoms with Crippen molar-refractivity contribution in [1.29, 1.82) is 0 Å². The zero-order valence-corrected chi connectivity index (χ0v) is 17.0. The molecule has 1 N–H and O–H groups in total. The molecule has 0 radical (unpaired) electrons. The molecular weight excluding hydrogens is 417 g/mol. The Labute approximate surface area is 177 Å². The van der Waals surface area contributed by atoms with Gasteiger partial charge in [0.05, 0.1) is 22.6 Å². The Morgan fingerprint density at radius 2 is 1.77 bits per heavy atom. The lowest BCUT2D eigenvalue weighted by Crippen LogP contribution is -2.32. The van der Waals surface area contributed by atoms with Crippen LogP contribution < -0.4 is 4.74 Å². The molecule has 0 unspecified atom stereocenters. The third-order valence-corrected chi connectivity index (χ3v) is 6.44. The van der Waals surface area contributed by atoms with Crippen LogP contribution >= 0.6 is 11.6 Å². The Morgan fingerprint density at radius 3 is 2.30 bits per heavy atom. The van der Waals surface area contributed by atoms with Crippen molar-refractivity contribution in [3.8, 4) is 16.9 Å². The van der Waals surface area contributed by atoms with Crippen LogP contribution in [0.15, 0.2) is 36.4 Å². The normalized spacial score (nSPS) is 18.4. The first-order valence-electron chi connectivity index (χ1n) is 10.1. The van der Waals surface area contributed by atoms with Crippen LogP contribution in [0.5, 0.6) is 5.75 Å². The van der Waals surface area contributed by atoms with Gasteiger partial charge in [0.25, 0.3) is 0 Å². The molecule has 2 aliphatic rings. The third kappa shape index (κ3) is 4.02. The first-order chi connectivity index (χ1) is 14.2. The summed E-state index contributed by atoms with van der Waals surface area (Å²) < 4.78 is 44.8. The van der Waals surface area contributed by atoms with E-state index in [-0.39, 0.29) is 5.02 Å². The molecule has 0 bridgehead atoms. The average molecular weight is 439 g/mol. The summed E-state index contributed by atoms with van der Waals surface area (Å²) in [5.41, 5.74) is -0.149. The fourth-order valence-electron chi connectivity index (χ4n) is 4.17. The molecule has 2 saturated carbocycles. The monoisotopic (exact) mass is 438 g/mol. The van der Waals surface area contributed by atoms with Crippen molar-refractivity contribution in [2.24, 2.45) is 5.92 Å². The average Bonchev–Trinajstić information content (AvgIpc) is 3.38. The molecule has 0 amide bonds. The van der Waals surface area contributed by atoms with Crippen molar-refractivity contribution in [3.05, 3.63) is 52.5 Å². The molecule has 2 aromatic carbocycles. The van der Waals surface area contributed by atoms with Crippen LogP contribution in [-0.4, -0.2) is 17.7 Å². The lowest BCUT2D eigenvalue weighted by atomic mass is 9.78. The summed E-state index contributed by atoms with van der Waals surface area (Å²) in [4.78, 5) is 12.1. The van der Waals surface area contributed by atoms with Crippen LogP contribution in [0.4, 0.5) is 13.2 Å². The largest absolute Gasteiger partial charge is 0.493 e. The molecular formula is C23H22ClF3O3. The first kappa shape index (κ1) is 21.0. The van der Waals surface area contributed by atoms with Crippen molar-refractivity contribution >= 4 is 17.6 Å². The fourth-order valence-corrected chi connectivity index (χ4v) is 4.49. The lowest BCUT2D eigenvalue weighted by Gasteiger charge is -2.26. The number of hydrogen-bond donors (Lipinski definition) is 1. The summed E-state index contributed by atoms with van der Waals surface area (Å²) in [6, 6.07) is 8.13. The number of rotatable bonds is 6. The number of hydrogen-bond acceptors (Lipinski definition) is 2. The summed E-state index contributed by atoms with van der Waals surface area (Å²) in [6.45, 7) is 0.480. The van der Waals surface area contributed by atoms with E-state index in [9.17, 15) is 23.1 Å². The molecule has 3 nitrogen and oxygen atoms in total. The van der Waals surface area contributed by atoms with Gasteiger partial charge in [-0.25, -0.2) is 0 Å². The minimum atomic E-state index is -4.42. The number of alkyl halides is 3. The summed E-state index contributed by atoms with van der Waals surface area (Å²) in [5, 5.41) is 10.2. The van der Waals surface area contributed by atoms with Gasteiger partial charge in [-0.2, -0.15) is 13.2 Å². The van der Waals surface area contributed by atoms with E-state index in [0.717, 1.165) is 37.8 Å². The Morgan fingerprint density at radius 1 is 1.13 bits per heavy atom. The van der Waals surface area contributed by atoms with Gasteiger partial charge in [-0.15, -0.1) is 0 Å². The van der Waals surface area contributed by atoms with E-state index in [0.29, 0.717) is 47.8 Å². The highest BCUT2D eigenvalue weighted by Crippen LogP contribution is 2.47. The van der Waals surface area contributed by atoms with Crippen molar-refractivity contribution in [2.75, 3.05) is 6.61 Å². The van der Waals surface area contributed by atoms with E-state index in [2.05, 4.69) is 0 Å². The molecule has 0 heterocycles. The van der Waals surface area contributed by atoms with Gasteiger partial charge in [-0.05, 0) is 67.0 Å². The van der Waals surface area contributed by atoms with Gasteiger partial charge < -0.3 is 9.84 Å². The van der Waals surface area contributed by atoms with Gasteiger partial charge in [0.2, 0.25) is 0 Å². The van der Waals surface area contributed by atoms with Crippen LogP contribution in [0.2, 0.25) is 5.02 Å². The lowest BCUT2D eigenvalue weighted by molar-refractivity contribution is -0.143. The summed E-state index contributed by atoms with van der Waals surface area (Å²) in [5.74, 6) is -0.00373. The number of carbonyl (C=O) groups is 1. The Hall–Kier alpha value is -2.21. The van der Waals surface area contributed by atoms with Gasteiger partial charge >= 0.3 is 12.1 Å². The topological polar surface area (TPSA) is 46.5 Å². The minimum absolute atomic E-state index is 0.283. The van der Waals surface area contributed by atoms with Crippen LogP contribution in [-0.2, 0) is 16.4 Å². The maximum Gasteiger partial charge on any atom is 0.416 e. The zero-order chi connectivity index (χ0) is 21.5. The van der Waals surface area contributed by atoms with E-state index >= 15 is 0 Å². The van der Waals surface area contributed by atoms with Gasteiger partial charge in [-0.3, -0.25) is 4.79 Å². The Balaban J connectivity index is 1.78. The van der Waals surface area contributed by atoms with Gasteiger partial charge in [0, 0.05) is 5.56 Å². The van der Waals surface area contributed by atoms with Gasteiger partial charge in [-0.1, -0.05) is 36.6 Å². The molecule has 4 rings (SSSR count). The molecule has 7 heteroatoms. The highest BCUT2D eigenvalue weighted by molar-refractivity contribution is 6.33. The number of halogens is 4. The van der Waals surface area contributed by atoms with Crippen molar-refractivity contribution < 1.29 is 27.8 Å². The number of aliphatic carboxylic acids is 1. The summed E-state index contributed by atoms with van der Waals surface area (Å²) in [6.07, 6.45) is 0.421. The minimum Gasteiger partial charge on any atom is -0.493 e. The maximum atomic E-state index is 12.9. The number of ether oxygens (including phenoxy) is 1. The van der Waals surface area contributed by atoms with E-state index in [4.69, 9.17) is 16.3 Å². The second kappa shape index (κ2) is 7.80. The second-order valence-electron chi connectivity index (χ2n) is 8.26. The first-order valence-corrected chi connectivity index (χ1v) is 10.5. The Bertz CT molecular complexity index is 943. The second-order valence-corrected chi connectivity index (χ2v) is 8.66. The van der Waals surface area contributed by atoms with Crippen LogP contribution in [0.3, 0.4) is 0 Å². The molecule has 0 aliphatic heterocycles. The SMILES string of the molecule is O=C(O)C1(c2cc(Cl)c(-c3ccc(C(F)(F)F)cc3)c(OCC3CC3)c2)CCCC1. The van der Waals surface area contributed by atoms with Crippen LogP contribution in [0.25, 0.3) is 11.1 Å². The van der Waals surface area contributed by atoms with E-state index in [1.807, 2.05) is 0 Å². The highest BCUT2D eigenvalue weighted by Gasteiger charge is 2.43. The predicted octanol–water partition coefficient (Wildman–Crippen LogP) is 6.71. The molecule has 2 fully saturated rings. The molecule has 0 saturated heterocycles. The number of carboxylic acid groups (broad SMARTS) is 1. The molecule has 2 aromatic rings. The molecule has 0 atom stereocenters. The van der Waals surface area contributed by atoms with Crippen molar-refractivity contribution in [1.82, 2.24) is 0 Å². The quantitative estimate of drug-likeness (QED) is 0.545. The van der Waals surface area contributed by atoms with Crippen LogP contribution in [0.1, 0.15) is 49.7 Å². The van der Waals surface area contributed by atoms with Gasteiger partial charge in [0.15, 0.2) is 0 Å². The van der Waals surface area contributed by atoms with Gasteiger partial charge in [0.1, 0.15) is 5.75 Å². The molecule has 0 aromatic heterocycles. The van der Waals surface area contributed by atoms with Crippen molar-refractivity contribution in [3.63, 3.8) is 0 Å². The van der Waals surface area contributed by atoms with E-state index in [1.165, 1.54) is 12.1 Å². The van der Waals surface area contributed by atoms with E-state index < -0.39 is 23.1 Å². The maximum absolute atomic E-state index is 12.9. The predicted molar refractivity (Wildman–Crippen MR) is 108 cm³/mol. The van der Waals surface area contributed by atoms with Crippen LogP contribution in [0, 0.1) is 5.92 Å². The fraction of sp³-hybridized carbons (Fsp3) is 0.435.